The number of nitrogens with two attached hydrogens (primary N) is 1. The number of nitrogens with one attached hydrogen (secondary N) is 2. The smallest absolute Gasteiger partial charge is 0.407 e. The predicted octanol–water partition coefficient (Wildman–Crippen LogP) is 1.62. The van der Waals surface area contributed by atoms with Gasteiger partial charge in [0, 0.05) is 19.1 Å². The molecule has 0 aromatic carbocycles. The van der Waals surface area contributed by atoms with Crippen molar-refractivity contribution < 1.29 is 9.53 Å². The van der Waals surface area contributed by atoms with Crippen LogP contribution in [0.3, 0.4) is 0 Å². The molecule has 1 aliphatic carbocycles. The van der Waals surface area contributed by atoms with Crippen molar-refractivity contribution in [2.24, 2.45) is 11.7 Å². The molecule has 1 aliphatic rings. The zero-order chi connectivity index (χ0) is 14.3. The normalized spacial score (nSPS) is 17.1. The first kappa shape index (κ1) is 16.2. The molecule has 1 amide bonds. The molecule has 0 radical (unpaired) electrons. The van der Waals surface area contributed by atoms with E-state index in [1.165, 1.54) is 19.3 Å². The molecule has 5 heteroatoms. The van der Waals surface area contributed by atoms with Gasteiger partial charge in [-0.3, -0.25) is 0 Å². The lowest BCUT2D eigenvalue weighted by Gasteiger charge is -2.21. The molecule has 1 rings (SSSR count). The number of ether oxygens (including phenoxy) is 1. The highest BCUT2D eigenvalue weighted by atomic mass is 16.6. The van der Waals surface area contributed by atoms with Crippen molar-refractivity contribution >= 4 is 6.09 Å². The Morgan fingerprint density at radius 1 is 1.37 bits per heavy atom. The van der Waals surface area contributed by atoms with Gasteiger partial charge in [0.15, 0.2) is 0 Å². The lowest BCUT2D eigenvalue weighted by molar-refractivity contribution is 0.0526. The lowest BCUT2D eigenvalue weighted by Crippen LogP contribution is -2.40. The van der Waals surface area contributed by atoms with Gasteiger partial charge in [-0.1, -0.05) is 12.8 Å². The summed E-state index contributed by atoms with van der Waals surface area (Å²) >= 11 is 0. The third-order valence-electron chi connectivity index (χ3n) is 3.13. The first-order chi connectivity index (χ1) is 8.90. The highest BCUT2D eigenvalue weighted by molar-refractivity contribution is 5.67. The molecule has 4 N–H and O–H groups in total. The molecule has 0 saturated heterocycles. The Morgan fingerprint density at radius 3 is 2.58 bits per heavy atom. The van der Waals surface area contributed by atoms with E-state index in [0.717, 1.165) is 18.9 Å². The minimum absolute atomic E-state index is 0.272. The van der Waals surface area contributed by atoms with Gasteiger partial charge >= 0.3 is 6.09 Å². The van der Waals surface area contributed by atoms with Crippen molar-refractivity contribution in [3.63, 3.8) is 0 Å². The summed E-state index contributed by atoms with van der Waals surface area (Å²) in [6.45, 7) is 7.78. The highest BCUT2D eigenvalue weighted by Crippen LogP contribution is 2.31. The van der Waals surface area contributed by atoms with E-state index in [2.05, 4.69) is 10.6 Å². The summed E-state index contributed by atoms with van der Waals surface area (Å²) in [6.07, 6.45) is 4.49. The van der Waals surface area contributed by atoms with E-state index in [4.69, 9.17) is 10.5 Å². The Kier molecular flexibility index (Phi) is 6.58. The number of carbonyl (C=O) groups is 1. The van der Waals surface area contributed by atoms with Crippen molar-refractivity contribution in [3.05, 3.63) is 0 Å². The van der Waals surface area contributed by atoms with Crippen LogP contribution in [-0.4, -0.2) is 37.4 Å². The average Bonchev–Trinajstić information content (AvgIpc) is 3.08. The number of hydrogen-bond donors (Lipinski definition) is 3. The second kappa shape index (κ2) is 7.70. The Morgan fingerprint density at radius 2 is 2.05 bits per heavy atom. The summed E-state index contributed by atoms with van der Waals surface area (Å²) in [7, 11) is 0. The van der Waals surface area contributed by atoms with Crippen LogP contribution < -0.4 is 16.4 Å². The molecule has 0 aliphatic heterocycles. The fourth-order valence-corrected chi connectivity index (χ4v) is 1.86. The fraction of sp³-hybridized carbons (Fsp3) is 0.929. The largest absolute Gasteiger partial charge is 0.444 e. The molecular formula is C14H29N3O2. The molecule has 0 heterocycles. The van der Waals surface area contributed by atoms with E-state index in [1.54, 1.807) is 0 Å². The van der Waals surface area contributed by atoms with Crippen molar-refractivity contribution in [2.75, 3.05) is 19.6 Å². The SMILES string of the molecule is CC(C)(C)OC(=O)NCCC(CN)NCCC1CC1. The van der Waals surface area contributed by atoms with E-state index in [-0.39, 0.29) is 12.1 Å². The van der Waals surface area contributed by atoms with Crippen molar-refractivity contribution in [3.8, 4) is 0 Å². The zero-order valence-corrected chi connectivity index (χ0v) is 12.5. The van der Waals surface area contributed by atoms with Crippen molar-refractivity contribution in [1.82, 2.24) is 10.6 Å². The van der Waals surface area contributed by atoms with Gasteiger partial charge < -0.3 is 21.1 Å². The molecular weight excluding hydrogens is 242 g/mol. The first-order valence-electron chi connectivity index (χ1n) is 7.31. The Labute approximate surface area is 116 Å². The molecule has 1 saturated carbocycles. The molecule has 1 fully saturated rings. The zero-order valence-electron chi connectivity index (χ0n) is 12.5. The third kappa shape index (κ3) is 8.83. The highest BCUT2D eigenvalue weighted by Gasteiger charge is 2.20. The fourth-order valence-electron chi connectivity index (χ4n) is 1.86. The van der Waals surface area contributed by atoms with E-state index in [0.29, 0.717) is 13.1 Å². The van der Waals surface area contributed by atoms with E-state index < -0.39 is 5.60 Å². The molecule has 112 valence electrons. The Bertz CT molecular complexity index is 272. The van der Waals surface area contributed by atoms with Gasteiger partial charge in [0.05, 0.1) is 0 Å². The minimum Gasteiger partial charge on any atom is -0.444 e. The summed E-state index contributed by atoms with van der Waals surface area (Å²) in [5.74, 6) is 0.936. The first-order valence-corrected chi connectivity index (χ1v) is 7.31. The number of carbonyl (C=O) groups excluding carboxylic acids is 1. The predicted molar refractivity (Wildman–Crippen MR) is 77.0 cm³/mol. The quantitative estimate of drug-likeness (QED) is 0.627. The van der Waals surface area contributed by atoms with E-state index in [9.17, 15) is 4.79 Å². The van der Waals surface area contributed by atoms with Gasteiger partial charge in [-0.2, -0.15) is 0 Å². The van der Waals surface area contributed by atoms with Crippen LogP contribution in [0, 0.1) is 5.92 Å². The van der Waals surface area contributed by atoms with E-state index in [1.807, 2.05) is 20.8 Å². The molecule has 0 aromatic rings. The summed E-state index contributed by atoms with van der Waals surface area (Å²) in [5, 5.41) is 6.20. The molecule has 0 bridgehead atoms. The topological polar surface area (TPSA) is 76.4 Å². The van der Waals surface area contributed by atoms with Crippen LogP contribution in [0.15, 0.2) is 0 Å². The number of rotatable bonds is 8. The van der Waals surface area contributed by atoms with E-state index >= 15 is 0 Å². The summed E-state index contributed by atoms with van der Waals surface area (Å²) in [4.78, 5) is 11.5. The molecule has 1 atom stereocenters. The monoisotopic (exact) mass is 271 g/mol. The van der Waals surface area contributed by atoms with Crippen molar-refractivity contribution in [1.29, 1.82) is 0 Å². The van der Waals surface area contributed by atoms with Gasteiger partial charge in [-0.15, -0.1) is 0 Å². The maximum Gasteiger partial charge on any atom is 0.407 e. The van der Waals surface area contributed by atoms with Crippen LogP contribution in [-0.2, 0) is 4.74 Å². The number of alkyl carbamates (subject to hydrolysis) is 1. The second-order valence-electron chi connectivity index (χ2n) is 6.34. The Balaban J connectivity index is 2.05. The maximum absolute atomic E-state index is 11.5. The number of amides is 1. The maximum atomic E-state index is 11.5. The molecule has 19 heavy (non-hydrogen) atoms. The third-order valence-corrected chi connectivity index (χ3v) is 3.13. The van der Waals surface area contributed by atoms with Gasteiger partial charge in [0.1, 0.15) is 5.60 Å². The average molecular weight is 271 g/mol. The standard InChI is InChI=1S/C14H29N3O2/c1-14(2,3)19-13(18)17-9-7-12(10-15)16-8-6-11-4-5-11/h11-12,16H,4-10,15H2,1-3H3,(H,17,18). The van der Waals surface area contributed by atoms with Crippen LogP contribution >= 0.6 is 0 Å². The van der Waals surface area contributed by atoms with Crippen LogP contribution in [0.2, 0.25) is 0 Å². The van der Waals surface area contributed by atoms with Crippen LogP contribution in [0.5, 0.6) is 0 Å². The van der Waals surface area contributed by atoms with Crippen LogP contribution in [0.4, 0.5) is 4.79 Å². The minimum atomic E-state index is -0.445. The van der Waals surface area contributed by atoms with Crippen LogP contribution in [0.25, 0.3) is 0 Å². The van der Waals surface area contributed by atoms with Gasteiger partial charge in [-0.05, 0) is 46.1 Å². The molecule has 5 nitrogen and oxygen atoms in total. The van der Waals surface area contributed by atoms with Gasteiger partial charge in [0.25, 0.3) is 0 Å². The summed E-state index contributed by atoms with van der Waals surface area (Å²) in [5.41, 5.74) is 5.27. The summed E-state index contributed by atoms with van der Waals surface area (Å²) < 4.78 is 5.17. The van der Waals surface area contributed by atoms with Gasteiger partial charge in [0.2, 0.25) is 0 Å². The molecule has 0 spiro atoms. The molecule has 1 unspecified atom stereocenters. The molecule has 0 aromatic heterocycles. The lowest BCUT2D eigenvalue weighted by atomic mass is 10.2. The van der Waals surface area contributed by atoms with Gasteiger partial charge in [-0.25, -0.2) is 4.79 Å². The van der Waals surface area contributed by atoms with Crippen LogP contribution in [0.1, 0.15) is 46.5 Å². The van der Waals surface area contributed by atoms with Crippen molar-refractivity contribution in [2.45, 2.75) is 58.1 Å². The Hall–Kier alpha value is -0.810. The number of hydrogen-bond acceptors (Lipinski definition) is 4. The summed E-state index contributed by atoms with van der Waals surface area (Å²) in [6, 6.07) is 0.272. The second-order valence-corrected chi connectivity index (χ2v) is 6.34.